The number of hydrazone groups is 1. The number of halogens is 4. The highest BCUT2D eigenvalue weighted by Gasteiger charge is 2.15. The van der Waals surface area contributed by atoms with E-state index in [1.54, 1.807) is 12.3 Å². The Hall–Kier alpha value is -1.83. The van der Waals surface area contributed by atoms with E-state index in [0.29, 0.717) is 35.3 Å². The minimum absolute atomic E-state index is 0.182. The van der Waals surface area contributed by atoms with Gasteiger partial charge in [-0.05, 0) is 94.1 Å². The van der Waals surface area contributed by atoms with Crippen LogP contribution in [0.25, 0.3) is 11.0 Å². The van der Waals surface area contributed by atoms with E-state index in [1.165, 1.54) is 0 Å². The minimum atomic E-state index is -0.441. The van der Waals surface area contributed by atoms with E-state index < -0.39 is 5.91 Å². The second kappa shape index (κ2) is 11.9. The van der Waals surface area contributed by atoms with Crippen LogP contribution < -0.4 is 14.9 Å². The molecule has 1 amide bonds. The number of hydrogen-bond acceptors (Lipinski definition) is 5. The third kappa shape index (κ3) is 6.49. The van der Waals surface area contributed by atoms with Gasteiger partial charge in [-0.15, -0.1) is 0 Å². The normalized spacial score (nSPS) is 11.2. The quantitative estimate of drug-likeness (QED) is 0.113. The largest absolute Gasteiger partial charge is 0.490 e. The van der Waals surface area contributed by atoms with Crippen LogP contribution in [0.4, 0.5) is 0 Å². The van der Waals surface area contributed by atoms with Crippen molar-refractivity contribution in [1.82, 2.24) is 5.43 Å². The molecule has 1 aromatic heterocycles. The summed E-state index contributed by atoms with van der Waals surface area (Å²) in [6.07, 6.45) is 1.55. The van der Waals surface area contributed by atoms with Crippen molar-refractivity contribution in [2.75, 3.05) is 6.61 Å². The summed E-state index contributed by atoms with van der Waals surface area (Å²) in [5, 5.41) is 5.57. The molecule has 0 bridgehead atoms. The zero-order valence-corrected chi connectivity index (χ0v) is 24.9. The van der Waals surface area contributed by atoms with Crippen molar-refractivity contribution >= 4 is 95.8 Å². The van der Waals surface area contributed by atoms with Gasteiger partial charge in [0.15, 0.2) is 17.3 Å². The Kier molecular flexibility index (Phi) is 8.95. The molecule has 0 unspecified atom stereocenters. The molecule has 1 heterocycles. The first-order chi connectivity index (χ1) is 16.9. The number of carbonyl (C=O) groups excluding carboxylic acids is 1. The Balaban J connectivity index is 1.48. The third-order valence-electron chi connectivity index (χ3n) is 4.80. The molecule has 10 heteroatoms. The van der Waals surface area contributed by atoms with E-state index in [9.17, 15) is 4.79 Å². The number of amides is 1. The average Bonchev–Trinajstić information content (AvgIpc) is 3.24. The van der Waals surface area contributed by atoms with Gasteiger partial charge < -0.3 is 13.9 Å². The number of benzene rings is 3. The third-order valence-corrected chi connectivity index (χ3v) is 7.23. The summed E-state index contributed by atoms with van der Waals surface area (Å²) in [6, 6.07) is 16.7. The first-order valence-corrected chi connectivity index (χ1v) is 13.7. The van der Waals surface area contributed by atoms with Crippen molar-refractivity contribution in [2.45, 2.75) is 13.5 Å². The molecule has 0 saturated heterocycles. The van der Waals surface area contributed by atoms with Crippen molar-refractivity contribution < 1.29 is 18.7 Å². The van der Waals surface area contributed by atoms with Crippen LogP contribution in [0.5, 0.6) is 11.5 Å². The van der Waals surface area contributed by atoms with Crippen molar-refractivity contribution in [3.05, 3.63) is 88.1 Å². The fourth-order valence-corrected chi connectivity index (χ4v) is 5.87. The van der Waals surface area contributed by atoms with Crippen LogP contribution in [0.2, 0.25) is 5.02 Å². The smallest absolute Gasteiger partial charge is 0.307 e. The van der Waals surface area contributed by atoms with Crippen LogP contribution in [0, 0.1) is 7.14 Å². The lowest BCUT2D eigenvalue weighted by atomic mass is 10.2. The van der Waals surface area contributed by atoms with Gasteiger partial charge in [0.2, 0.25) is 0 Å². The molecule has 4 rings (SSSR count). The van der Waals surface area contributed by atoms with E-state index in [-0.39, 0.29) is 5.76 Å². The second-order valence-electron chi connectivity index (χ2n) is 7.26. The van der Waals surface area contributed by atoms with E-state index in [0.717, 1.165) is 28.1 Å². The van der Waals surface area contributed by atoms with Gasteiger partial charge in [-0.25, -0.2) is 5.43 Å². The molecule has 35 heavy (non-hydrogen) atoms. The second-order valence-corrected chi connectivity index (χ2v) is 10.9. The number of carbonyl (C=O) groups is 1. The zero-order valence-electron chi connectivity index (χ0n) is 18.3. The summed E-state index contributed by atoms with van der Waals surface area (Å²) in [5.41, 5.74) is 4.80. The summed E-state index contributed by atoms with van der Waals surface area (Å²) < 4.78 is 20.2. The average molecular weight is 780 g/mol. The van der Waals surface area contributed by atoms with Gasteiger partial charge in [0.25, 0.3) is 0 Å². The van der Waals surface area contributed by atoms with Crippen LogP contribution in [0.3, 0.4) is 0 Å². The number of nitrogens with zero attached hydrogens (tertiary/aromatic N) is 1. The number of rotatable bonds is 8. The summed E-state index contributed by atoms with van der Waals surface area (Å²) in [7, 11) is 0. The van der Waals surface area contributed by atoms with Crippen LogP contribution in [-0.2, 0) is 6.61 Å². The van der Waals surface area contributed by atoms with Gasteiger partial charge in [-0.3, -0.25) is 4.79 Å². The first-order valence-electron chi connectivity index (χ1n) is 10.4. The molecular weight excluding hydrogens is 761 g/mol. The van der Waals surface area contributed by atoms with Gasteiger partial charge in [-0.2, -0.15) is 5.10 Å². The SMILES string of the molecule is CCOc1cc(/C=N\NC(=O)c2cc3cc(Br)cc(I)c3o2)cc(I)c1OCc1ccccc1Cl. The van der Waals surface area contributed by atoms with Crippen LogP contribution in [0.1, 0.15) is 28.6 Å². The van der Waals surface area contributed by atoms with Crippen molar-refractivity contribution in [2.24, 2.45) is 5.10 Å². The van der Waals surface area contributed by atoms with Crippen molar-refractivity contribution in [1.29, 1.82) is 0 Å². The molecule has 0 radical (unpaired) electrons. The van der Waals surface area contributed by atoms with Gasteiger partial charge in [0.05, 0.1) is 20.0 Å². The molecule has 0 aliphatic carbocycles. The maximum absolute atomic E-state index is 12.5. The Labute approximate surface area is 242 Å². The maximum atomic E-state index is 12.5. The molecule has 0 saturated carbocycles. The summed E-state index contributed by atoms with van der Waals surface area (Å²) >= 11 is 14.1. The number of furan rings is 1. The highest BCUT2D eigenvalue weighted by atomic mass is 127. The number of fused-ring (bicyclic) bond motifs is 1. The summed E-state index contributed by atoms with van der Waals surface area (Å²) in [6.45, 7) is 2.68. The molecular formula is C25H18BrClI2N2O4. The predicted molar refractivity (Wildman–Crippen MR) is 158 cm³/mol. The zero-order chi connectivity index (χ0) is 24.9. The lowest BCUT2D eigenvalue weighted by Gasteiger charge is -2.15. The van der Waals surface area contributed by atoms with E-state index in [1.807, 2.05) is 55.5 Å². The van der Waals surface area contributed by atoms with Gasteiger partial charge in [-0.1, -0.05) is 45.7 Å². The van der Waals surface area contributed by atoms with E-state index >= 15 is 0 Å². The molecule has 180 valence electrons. The van der Waals surface area contributed by atoms with Gasteiger partial charge >= 0.3 is 5.91 Å². The van der Waals surface area contributed by atoms with Gasteiger partial charge in [0.1, 0.15) is 12.2 Å². The summed E-state index contributed by atoms with van der Waals surface area (Å²) in [4.78, 5) is 12.5. The fourth-order valence-electron chi connectivity index (χ4n) is 3.24. The van der Waals surface area contributed by atoms with Crippen LogP contribution in [-0.4, -0.2) is 18.7 Å². The number of hydrogen-bond donors (Lipinski definition) is 1. The molecule has 0 atom stereocenters. The highest BCUT2D eigenvalue weighted by molar-refractivity contribution is 14.1. The van der Waals surface area contributed by atoms with Gasteiger partial charge in [0, 0.05) is 20.4 Å². The minimum Gasteiger partial charge on any atom is -0.490 e. The Bertz CT molecular complexity index is 1420. The van der Waals surface area contributed by atoms with Crippen molar-refractivity contribution in [3.8, 4) is 11.5 Å². The Morgan fingerprint density at radius 1 is 1.14 bits per heavy atom. The summed E-state index contributed by atoms with van der Waals surface area (Å²) in [5.74, 6) is 0.943. The molecule has 0 aliphatic rings. The molecule has 1 N–H and O–H groups in total. The monoisotopic (exact) mass is 778 g/mol. The van der Waals surface area contributed by atoms with Crippen LogP contribution in [0.15, 0.2) is 68.6 Å². The number of ether oxygens (including phenoxy) is 2. The van der Waals surface area contributed by atoms with E-state index in [4.69, 9.17) is 25.5 Å². The van der Waals surface area contributed by atoms with E-state index in [2.05, 4.69) is 71.6 Å². The van der Waals surface area contributed by atoms with Crippen LogP contribution >= 0.6 is 72.7 Å². The standard InChI is InChI=1S/C25H18BrClI2N2O4/c1-2-33-21-8-14(7-19(28)24(21)34-13-15-5-3-4-6-18(15)27)12-30-31-25(32)22-10-16-9-17(26)11-20(29)23(16)35-22/h3-12H,2,13H2,1H3,(H,31,32)/b30-12-. The molecule has 6 nitrogen and oxygen atoms in total. The maximum Gasteiger partial charge on any atom is 0.307 e. The lowest BCUT2D eigenvalue weighted by molar-refractivity contribution is 0.0929. The highest BCUT2D eigenvalue weighted by Crippen LogP contribution is 2.35. The first kappa shape index (κ1) is 26.2. The molecule has 3 aromatic carbocycles. The molecule has 4 aromatic rings. The number of nitrogens with one attached hydrogen (secondary N) is 1. The lowest BCUT2D eigenvalue weighted by Crippen LogP contribution is -2.16. The molecule has 0 spiro atoms. The van der Waals surface area contributed by atoms with Crippen molar-refractivity contribution in [3.63, 3.8) is 0 Å². The Morgan fingerprint density at radius 3 is 2.71 bits per heavy atom. The fraction of sp³-hybridized carbons (Fsp3) is 0.120. The topological polar surface area (TPSA) is 73.1 Å². The molecule has 0 aliphatic heterocycles. The Morgan fingerprint density at radius 2 is 1.94 bits per heavy atom. The predicted octanol–water partition coefficient (Wildman–Crippen LogP) is 7.80. The molecule has 0 fully saturated rings.